The van der Waals surface area contributed by atoms with Crippen molar-refractivity contribution in [3.8, 4) is 29.1 Å². The maximum absolute atomic E-state index is 12.6. The second-order valence-corrected chi connectivity index (χ2v) is 7.84. The molecule has 0 aromatic heterocycles. The molecule has 3 aromatic rings. The van der Waals surface area contributed by atoms with Gasteiger partial charge in [-0.15, -0.1) is 0 Å². The molecule has 0 saturated heterocycles. The van der Waals surface area contributed by atoms with Crippen molar-refractivity contribution >= 4 is 17.8 Å². The van der Waals surface area contributed by atoms with Crippen molar-refractivity contribution in [1.82, 2.24) is 0 Å². The van der Waals surface area contributed by atoms with Gasteiger partial charge in [0.05, 0.1) is 24.0 Å². The molecule has 0 aliphatic heterocycles. The molecule has 0 spiro atoms. The summed E-state index contributed by atoms with van der Waals surface area (Å²) in [5.74, 6) is 6.41. The second kappa shape index (κ2) is 12.9. The summed E-state index contributed by atoms with van der Waals surface area (Å²) in [6.07, 6.45) is -4.00. The van der Waals surface area contributed by atoms with E-state index < -0.39 is 23.8 Å². The summed E-state index contributed by atoms with van der Waals surface area (Å²) in [7, 11) is 0. The first-order valence-corrected chi connectivity index (χ1v) is 11.2. The number of aliphatic carboxylic acids is 1. The van der Waals surface area contributed by atoms with Crippen LogP contribution in [-0.2, 0) is 21.7 Å². The standard InChI is InChI=1S/C27H22ClF3O5/c28-36-25(26(32)33)18-20-7-5-19(6-8-20)4-2-1-3-17-34-22-13-15-24(16-14-22)35-23-11-9-21(10-12-23)27(29,30)31/h5-16,25H,1,3,17-18H2,(H,32,33)/t25-/m0/s1. The third-order valence-electron chi connectivity index (χ3n) is 4.95. The van der Waals surface area contributed by atoms with Crippen molar-refractivity contribution in [2.24, 2.45) is 0 Å². The van der Waals surface area contributed by atoms with Crippen molar-refractivity contribution in [2.75, 3.05) is 6.61 Å². The van der Waals surface area contributed by atoms with Crippen LogP contribution in [0.1, 0.15) is 29.5 Å². The molecule has 0 unspecified atom stereocenters. The average Bonchev–Trinajstić information content (AvgIpc) is 2.86. The number of halogens is 4. The molecule has 0 bridgehead atoms. The number of alkyl halides is 3. The van der Waals surface area contributed by atoms with E-state index in [0.29, 0.717) is 36.7 Å². The van der Waals surface area contributed by atoms with Crippen molar-refractivity contribution in [3.05, 3.63) is 89.5 Å². The van der Waals surface area contributed by atoms with Crippen molar-refractivity contribution in [3.63, 3.8) is 0 Å². The Morgan fingerprint density at radius 3 is 2.06 bits per heavy atom. The topological polar surface area (TPSA) is 65.0 Å². The van der Waals surface area contributed by atoms with Crippen molar-refractivity contribution in [1.29, 1.82) is 0 Å². The number of carboxylic acid groups (broad SMARTS) is 1. The number of unbranched alkanes of at least 4 members (excludes halogenated alkanes) is 1. The van der Waals surface area contributed by atoms with E-state index in [0.717, 1.165) is 23.3 Å². The molecule has 1 N–H and O–H groups in total. The highest BCUT2D eigenvalue weighted by molar-refractivity contribution is 6.08. The monoisotopic (exact) mass is 518 g/mol. The fourth-order valence-corrected chi connectivity index (χ4v) is 3.20. The average molecular weight is 519 g/mol. The highest BCUT2D eigenvalue weighted by Gasteiger charge is 2.30. The minimum Gasteiger partial charge on any atom is -0.494 e. The molecular formula is C27H22ClF3O5. The van der Waals surface area contributed by atoms with Crippen LogP contribution in [0.3, 0.4) is 0 Å². The smallest absolute Gasteiger partial charge is 0.416 e. The molecule has 1 atom stereocenters. The van der Waals surface area contributed by atoms with Crippen LogP contribution in [0.2, 0.25) is 0 Å². The second-order valence-electron chi connectivity index (χ2n) is 7.67. The predicted molar refractivity (Wildman–Crippen MR) is 128 cm³/mol. The summed E-state index contributed by atoms with van der Waals surface area (Å²) in [5, 5.41) is 8.97. The lowest BCUT2D eigenvalue weighted by atomic mass is 10.1. The number of benzene rings is 3. The van der Waals surface area contributed by atoms with E-state index in [9.17, 15) is 18.0 Å². The van der Waals surface area contributed by atoms with E-state index in [4.69, 9.17) is 26.4 Å². The van der Waals surface area contributed by atoms with E-state index >= 15 is 0 Å². The molecule has 3 aromatic carbocycles. The van der Waals surface area contributed by atoms with Gasteiger partial charge in [-0.1, -0.05) is 24.0 Å². The van der Waals surface area contributed by atoms with Crippen LogP contribution in [0.5, 0.6) is 17.2 Å². The Labute approximate surface area is 211 Å². The van der Waals surface area contributed by atoms with E-state index in [1.54, 1.807) is 48.5 Å². The summed E-state index contributed by atoms with van der Waals surface area (Å²) >= 11 is 5.20. The summed E-state index contributed by atoms with van der Waals surface area (Å²) in [4.78, 5) is 11.0. The van der Waals surface area contributed by atoms with E-state index in [2.05, 4.69) is 16.1 Å². The van der Waals surface area contributed by atoms with Gasteiger partial charge in [-0.05, 0) is 72.6 Å². The van der Waals surface area contributed by atoms with Gasteiger partial charge in [-0.25, -0.2) is 4.79 Å². The first-order chi connectivity index (χ1) is 17.2. The lowest BCUT2D eigenvalue weighted by Crippen LogP contribution is -2.23. The van der Waals surface area contributed by atoms with Crippen LogP contribution in [0.25, 0.3) is 0 Å². The highest BCUT2D eigenvalue weighted by atomic mass is 35.5. The van der Waals surface area contributed by atoms with E-state index in [1.165, 1.54) is 12.1 Å². The molecule has 5 nitrogen and oxygen atoms in total. The van der Waals surface area contributed by atoms with Gasteiger partial charge in [0.2, 0.25) is 0 Å². The molecule has 0 fully saturated rings. The molecule has 0 heterocycles. The van der Waals surface area contributed by atoms with Gasteiger partial charge in [0.15, 0.2) is 6.10 Å². The minimum absolute atomic E-state index is 0.159. The number of carboxylic acids is 1. The Kier molecular flexibility index (Phi) is 9.62. The van der Waals surface area contributed by atoms with Crippen LogP contribution in [-0.4, -0.2) is 23.8 Å². The maximum atomic E-state index is 12.6. The maximum Gasteiger partial charge on any atom is 0.416 e. The zero-order valence-corrected chi connectivity index (χ0v) is 19.7. The fraction of sp³-hybridized carbons (Fsp3) is 0.222. The molecule has 3 rings (SSSR count). The van der Waals surface area contributed by atoms with Crippen LogP contribution in [0.15, 0.2) is 72.8 Å². The quantitative estimate of drug-likeness (QED) is 0.234. The highest BCUT2D eigenvalue weighted by Crippen LogP contribution is 2.31. The molecule has 0 radical (unpaired) electrons. The molecule has 0 saturated carbocycles. The van der Waals surface area contributed by atoms with Crippen LogP contribution in [0.4, 0.5) is 13.2 Å². The molecular weight excluding hydrogens is 497 g/mol. The zero-order valence-electron chi connectivity index (χ0n) is 18.9. The number of hydrogen-bond donors (Lipinski definition) is 1. The lowest BCUT2D eigenvalue weighted by molar-refractivity contribution is -0.144. The van der Waals surface area contributed by atoms with Crippen molar-refractivity contribution in [2.45, 2.75) is 31.5 Å². The first-order valence-electron chi connectivity index (χ1n) is 10.9. The molecule has 0 aliphatic carbocycles. The van der Waals surface area contributed by atoms with Crippen LogP contribution >= 0.6 is 11.9 Å². The van der Waals surface area contributed by atoms with Gasteiger partial charge in [0, 0.05) is 18.4 Å². The van der Waals surface area contributed by atoms with Crippen LogP contribution in [0, 0.1) is 11.8 Å². The largest absolute Gasteiger partial charge is 0.494 e. The Balaban J connectivity index is 1.39. The zero-order chi connectivity index (χ0) is 26.0. The Bertz CT molecular complexity index is 1180. The lowest BCUT2D eigenvalue weighted by Gasteiger charge is -2.10. The SMILES string of the molecule is O=C(O)[C@H](Cc1ccc(C#CCCCOc2ccc(Oc3ccc(C(F)(F)F)cc3)cc2)cc1)OCl. The Morgan fingerprint density at radius 2 is 1.50 bits per heavy atom. The fourth-order valence-electron chi connectivity index (χ4n) is 3.06. The molecule has 9 heteroatoms. The van der Waals surface area contributed by atoms with Gasteiger partial charge >= 0.3 is 12.1 Å². The molecule has 36 heavy (non-hydrogen) atoms. The number of rotatable bonds is 10. The van der Waals surface area contributed by atoms with Crippen LogP contribution < -0.4 is 9.47 Å². The number of carbonyl (C=O) groups is 1. The van der Waals surface area contributed by atoms with Crippen molar-refractivity contribution < 1.29 is 36.8 Å². The minimum atomic E-state index is -4.38. The summed E-state index contributed by atoms with van der Waals surface area (Å²) in [5.41, 5.74) is 0.852. The van der Waals surface area contributed by atoms with E-state index in [1.807, 2.05) is 0 Å². The molecule has 188 valence electrons. The number of ether oxygens (including phenoxy) is 2. The van der Waals surface area contributed by atoms with Gasteiger partial charge in [0.1, 0.15) is 17.2 Å². The van der Waals surface area contributed by atoms with E-state index in [-0.39, 0.29) is 6.42 Å². The third-order valence-corrected chi connectivity index (χ3v) is 5.16. The Morgan fingerprint density at radius 1 is 0.917 bits per heavy atom. The summed E-state index contributed by atoms with van der Waals surface area (Å²) in [6, 6.07) is 18.5. The summed E-state index contributed by atoms with van der Waals surface area (Å²) in [6.45, 7) is 0.460. The molecule has 0 aliphatic rings. The van der Waals surface area contributed by atoms with Gasteiger partial charge < -0.3 is 14.6 Å². The first kappa shape index (κ1) is 26.9. The normalized spacial score (nSPS) is 11.8. The third kappa shape index (κ3) is 8.52. The van der Waals surface area contributed by atoms with Gasteiger partial charge in [-0.2, -0.15) is 13.2 Å². The predicted octanol–water partition coefficient (Wildman–Crippen LogP) is 6.87. The van der Waals surface area contributed by atoms with Gasteiger partial charge in [-0.3, -0.25) is 4.29 Å². The Hall–Kier alpha value is -3.67. The molecule has 0 amide bonds. The number of hydrogen-bond acceptors (Lipinski definition) is 4. The summed E-state index contributed by atoms with van der Waals surface area (Å²) < 4.78 is 53.6. The van der Waals surface area contributed by atoms with Gasteiger partial charge in [0.25, 0.3) is 0 Å².